The van der Waals surface area contributed by atoms with Gasteiger partial charge in [0.2, 0.25) is 11.8 Å². The average molecular weight is 478 g/mol. The number of nitrogens with zero attached hydrogens (tertiary/aromatic N) is 2. The molecule has 1 saturated heterocycles. The molecule has 0 bridgehead atoms. The number of anilines is 2. The van der Waals surface area contributed by atoms with Gasteiger partial charge in [-0.15, -0.1) is 11.8 Å². The average Bonchev–Trinajstić information content (AvgIpc) is 2.80. The fraction of sp³-hybridized carbons (Fsp3) is 0.348. The monoisotopic (exact) mass is 477 g/mol. The maximum absolute atomic E-state index is 13.3. The number of hydrogen-bond donors (Lipinski definition) is 1. The van der Waals surface area contributed by atoms with Crippen molar-refractivity contribution in [3.05, 3.63) is 54.1 Å². The van der Waals surface area contributed by atoms with E-state index in [1.165, 1.54) is 28.8 Å². The number of para-hydroxylation sites is 1. The van der Waals surface area contributed by atoms with E-state index in [9.17, 15) is 27.6 Å². The maximum atomic E-state index is 13.3. The molecule has 6 nitrogen and oxygen atoms in total. The van der Waals surface area contributed by atoms with Gasteiger partial charge in [-0.1, -0.05) is 18.2 Å². The molecule has 0 radical (unpaired) electrons. The van der Waals surface area contributed by atoms with E-state index in [2.05, 4.69) is 5.32 Å². The highest BCUT2D eigenvalue weighted by Gasteiger charge is 2.41. The van der Waals surface area contributed by atoms with E-state index in [0.717, 1.165) is 31.4 Å². The second-order valence-electron chi connectivity index (χ2n) is 7.90. The molecule has 4 rings (SSSR count). The van der Waals surface area contributed by atoms with Crippen molar-refractivity contribution < 1.29 is 27.6 Å². The molecule has 0 aromatic heterocycles. The first kappa shape index (κ1) is 23.2. The van der Waals surface area contributed by atoms with Crippen LogP contribution in [-0.2, 0) is 20.6 Å². The molecule has 33 heavy (non-hydrogen) atoms. The molecule has 2 aromatic carbocycles. The van der Waals surface area contributed by atoms with Crippen molar-refractivity contribution in [3.63, 3.8) is 0 Å². The van der Waals surface area contributed by atoms with Gasteiger partial charge < -0.3 is 15.1 Å². The minimum absolute atomic E-state index is 0.0251. The van der Waals surface area contributed by atoms with Crippen LogP contribution in [0, 0.1) is 0 Å². The summed E-state index contributed by atoms with van der Waals surface area (Å²) in [5, 5.41) is 1.42. The van der Waals surface area contributed by atoms with Crippen LogP contribution < -0.4 is 10.2 Å². The number of halogens is 3. The molecule has 0 saturated carbocycles. The zero-order valence-corrected chi connectivity index (χ0v) is 18.4. The molecule has 0 unspecified atom stereocenters. The summed E-state index contributed by atoms with van der Waals surface area (Å²) in [4.78, 5) is 42.7. The zero-order chi connectivity index (χ0) is 23.6. The summed E-state index contributed by atoms with van der Waals surface area (Å²) < 4.78 is 38.9. The van der Waals surface area contributed by atoms with E-state index in [4.69, 9.17) is 0 Å². The fourth-order valence-electron chi connectivity index (χ4n) is 3.93. The van der Waals surface area contributed by atoms with Crippen molar-refractivity contribution in [3.8, 4) is 0 Å². The number of rotatable bonds is 4. The number of hydrogen-bond acceptors (Lipinski definition) is 4. The normalized spacial score (nSPS) is 18.6. The van der Waals surface area contributed by atoms with Crippen LogP contribution in [0.4, 0.5) is 24.5 Å². The quantitative estimate of drug-likeness (QED) is 0.672. The van der Waals surface area contributed by atoms with Gasteiger partial charge in [-0.05, 0) is 49.6 Å². The third-order valence-corrected chi connectivity index (χ3v) is 6.80. The van der Waals surface area contributed by atoms with E-state index < -0.39 is 35.3 Å². The Kier molecular flexibility index (Phi) is 6.64. The Morgan fingerprint density at radius 3 is 2.48 bits per heavy atom. The molecule has 1 fully saturated rings. The molecular weight excluding hydrogens is 455 g/mol. The van der Waals surface area contributed by atoms with E-state index >= 15 is 0 Å². The number of amides is 3. The number of likely N-dealkylation sites (tertiary alicyclic amines) is 1. The van der Waals surface area contributed by atoms with Gasteiger partial charge in [0.1, 0.15) is 6.54 Å². The molecule has 174 valence electrons. The van der Waals surface area contributed by atoms with Gasteiger partial charge in [0.15, 0.2) is 5.25 Å². The molecule has 1 atom stereocenters. The molecule has 0 aliphatic carbocycles. The molecule has 2 aromatic rings. The van der Waals surface area contributed by atoms with Crippen LogP contribution in [0.15, 0.2) is 53.4 Å². The Balaban J connectivity index is 1.53. The lowest BCUT2D eigenvalue weighted by molar-refractivity contribution is -0.138. The van der Waals surface area contributed by atoms with Crippen LogP contribution in [0.25, 0.3) is 0 Å². The zero-order valence-electron chi connectivity index (χ0n) is 17.6. The Hall–Kier alpha value is -3.01. The summed E-state index contributed by atoms with van der Waals surface area (Å²) in [5.74, 6) is -1.44. The molecular formula is C23H22F3N3O3S. The third kappa shape index (κ3) is 5.16. The van der Waals surface area contributed by atoms with Gasteiger partial charge in [0.05, 0.1) is 11.3 Å². The van der Waals surface area contributed by atoms with Gasteiger partial charge in [0, 0.05) is 23.7 Å². The van der Waals surface area contributed by atoms with Crippen molar-refractivity contribution in [2.24, 2.45) is 0 Å². The summed E-state index contributed by atoms with van der Waals surface area (Å²) in [5.41, 5.74) is -0.416. The first-order valence-corrected chi connectivity index (χ1v) is 11.4. The molecule has 10 heteroatoms. The summed E-state index contributed by atoms with van der Waals surface area (Å²) in [6.45, 7) is 0.776. The van der Waals surface area contributed by atoms with E-state index in [-0.39, 0.29) is 11.6 Å². The Labute approximate surface area is 193 Å². The summed E-state index contributed by atoms with van der Waals surface area (Å²) >= 11 is 1.17. The Morgan fingerprint density at radius 2 is 1.76 bits per heavy atom. The van der Waals surface area contributed by atoms with Crippen LogP contribution in [0.2, 0.25) is 0 Å². The van der Waals surface area contributed by atoms with Crippen LogP contribution in [0.1, 0.15) is 24.8 Å². The highest BCUT2D eigenvalue weighted by atomic mass is 32.2. The number of fused-ring (bicyclic) bond motifs is 1. The largest absolute Gasteiger partial charge is 0.416 e. The number of thioether (sulfide) groups is 1. The maximum Gasteiger partial charge on any atom is 0.416 e. The topological polar surface area (TPSA) is 69.7 Å². The van der Waals surface area contributed by atoms with Crippen LogP contribution in [0.5, 0.6) is 0 Å². The second kappa shape index (κ2) is 9.46. The molecule has 2 aliphatic heterocycles. The summed E-state index contributed by atoms with van der Waals surface area (Å²) in [6.07, 6.45) is -1.73. The predicted molar refractivity (Wildman–Crippen MR) is 119 cm³/mol. The Bertz CT molecular complexity index is 1070. The Morgan fingerprint density at radius 1 is 1.03 bits per heavy atom. The molecule has 1 N–H and O–H groups in total. The number of alkyl halides is 3. The van der Waals surface area contributed by atoms with Crippen LogP contribution >= 0.6 is 11.8 Å². The van der Waals surface area contributed by atoms with Crippen molar-refractivity contribution in [1.82, 2.24) is 4.90 Å². The highest BCUT2D eigenvalue weighted by molar-refractivity contribution is 8.01. The molecule has 3 amide bonds. The summed E-state index contributed by atoms with van der Waals surface area (Å²) in [6, 6.07) is 11.3. The number of benzene rings is 2. The minimum atomic E-state index is -4.54. The van der Waals surface area contributed by atoms with Gasteiger partial charge in [-0.3, -0.25) is 14.4 Å². The minimum Gasteiger partial charge on any atom is -0.341 e. The standard InChI is InChI=1S/C23H22F3N3O3S/c24-23(25,26)15-7-6-8-16(13-15)27-19(30)14-29-17-9-2-3-10-18(17)33-20(22(29)32)21(31)28-11-4-1-5-12-28/h2-3,6-10,13,20H,1,4-5,11-12,14H2,(H,27,30)/t20-/m1/s1. The predicted octanol–water partition coefficient (Wildman–Crippen LogP) is 4.16. The van der Waals surface area contributed by atoms with Gasteiger partial charge in [-0.25, -0.2) is 0 Å². The van der Waals surface area contributed by atoms with Crippen LogP contribution in [-0.4, -0.2) is 47.5 Å². The fourth-order valence-corrected chi connectivity index (χ4v) is 5.12. The molecule has 2 aliphatic rings. The van der Waals surface area contributed by atoms with Gasteiger partial charge >= 0.3 is 6.18 Å². The second-order valence-corrected chi connectivity index (χ2v) is 9.05. The first-order valence-electron chi connectivity index (χ1n) is 10.6. The lowest BCUT2D eigenvalue weighted by atomic mass is 10.1. The van der Waals surface area contributed by atoms with E-state index in [1.807, 2.05) is 0 Å². The molecule has 2 heterocycles. The number of piperidine rings is 1. The third-order valence-electron chi connectivity index (χ3n) is 5.56. The van der Waals surface area contributed by atoms with Crippen molar-refractivity contribution in [2.75, 3.05) is 29.9 Å². The van der Waals surface area contributed by atoms with E-state index in [1.54, 1.807) is 29.2 Å². The smallest absolute Gasteiger partial charge is 0.341 e. The summed E-state index contributed by atoms with van der Waals surface area (Å²) in [7, 11) is 0. The first-order chi connectivity index (χ1) is 15.7. The van der Waals surface area contributed by atoms with Crippen LogP contribution in [0.3, 0.4) is 0 Å². The van der Waals surface area contributed by atoms with Gasteiger partial charge in [0.25, 0.3) is 5.91 Å². The lowest BCUT2D eigenvalue weighted by Gasteiger charge is -2.36. The number of carbonyl (C=O) groups excluding carboxylic acids is 3. The molecule has 0 spiro atoms. The SMILES string of the molecule is O=C(CN1C(=O)[C@@H](C(=O)N2CCCCC2)Sc2ccccc21)Nc1cccc(C(F)(F)F)c1. The lowest BCUT2D eigenvalue weighted by Crippen LogP contribution is -2.52. The van der Waals surface area contributed by atoms with Crippen molar-refractivity contribution in [2.45, 2.75) is 35.6 Å². The van der Waals surface area contributed by atoms with Crippen molar-refractivity contribution >= 4 is 40.9 Å². The van der Waals surface area contributed by atoms with E-state index in [0.29, 0.717) is 23.7 Å². The number of carbonyl (C=O) groups is 3. The number of nitrogens with one attached hydrogen (secondary N) is 1. The highest BCUT2D eigenvalue weighted by Crippen LogP contribution is 2.40. The van der Waals surface area contributed by atoms with Crippen molar-refractivity contribution in [1.29, 1.82) is 0 Å². The van der Waals surface area contributed by atoms with Gasteiger partial charge in [-0.2, -0.15) is 13.2 Å².